The Labute approximate surface area is 86.4 Å². The Hall–Kier alpha value is -1.31. The van der Waals surface area contributed by atoms with Crippen molar-refractivity contribution in [1.82, 2.24) is 5.32 Å². The highest BCUT2D eigenvalue weighted by molar-refractivity contribution is 5.75. The molecule has 0 aliphatic rings. The molecule has 78 valence electrons. The first-order chi connectivity index (χ1) is 6.47. The third-order valence-electron chi connectivity index (χ3n) is 1.71. The lowest BCUT2D eigenvalue weighted by Crippen LogP contribution is -2.22. The fourth-order valence-electron chi connectivity index (χ4n) is 1.03. The highest BCUT2D eigenvalue weighted by Crippen LogP contribution is 2.09. The maximum Gasteiger partial charge on any atom is 0.221 e. The molecule has 0 saturated heterocycles. The number of allylic oxidation sites excluding steroid dienone is 5. The van der Waals surface area contributed by atoms with Crippen molar-refractivity contribution in [3.63, 3.8) is 0 Å². The van der Waals surface area contributed by atoms with E-state index in [9.17, 15) is 4.79 Å². The van der Waals surface area contributed by atoms with Gasteiger partial charge in [-0.15, -0.1) is 0 Å². The summed E-state index contributed by atoms with van der Waals surface area (Å²) in [6.07, 6.45) is 5.61. The summed E-state index contributed by atoms with van der Waals surface area (Å²) in [6.45, 7) is 11.2. The lowest BCUT2D eigenvalue weighted by Gasteiger charge is -2.11. The first kappa shape index (κ1) is 12.7. The number of nitrogens with one attached hydrogen (secondary N) is 1. The average Bonchev–Trinajstić information content (AvgIpc) is 2.02. The van der Waals surface area contributed by atoms with E-state index in [-0.39, 0.29) is 5.91 Å². The lowest BCUT2D eigenvalue weighted by atomic mass is 10.1. The molecule has 1 N–H and O–H groups in total. The summed E-state index contributed by atoms with van der Waals surface area (Å²) in [6, 6.07) is 0. The van der Waals surface area contributed by atoms with Crippen LogP contribution in [0.4, 0.5) is 0 Å². The van der Waals surface area contributed by atoms with Gasteiger partial charge in [-0.2, -0.15) is 0 Å². The van der Waals surface area contributed by atoms with Crippen molar-refractivity contribution in [2.24, 2.45) is 5.92 Å². The van der Waals surface area contributed by atoms with Gasteiger partial charge < -0.3 is 5.32 Å². The van der Waals surface area contributed by atoms with Gasteiger partial charge in [0, 0.05) is 12.6 Å². The maximum atomic E-state index is 10.9. The average molecular weight is 193 g/mol. The Morgan fingerprint density at radius 2 is 1.93 bits per heavy atom. The third-order valence-corrected chi connectivity index (χ3v) is 1.71. The van der Waals surface area contributed by atoms with Crippen molar-refractivity contribution >= 4 is 5.91 Å². The quantitative estimate of drug-likeness (QED) is 0.683. The highest BCUT2D eigenvalue weighted by atomic mass is 16.1. The molecule has 0 saturated carbocycles. The SMILES string of the molecule is C=C/C=C(C)\C=C(\NC(C)=O)C(C)C. The molecule has 14 heavy (non-hydrogen) atoms. The second-order valence-electron chi connectivity index (χ2n) is 3.58. The number of amides is 1. The molecule has 0 aromatic heterocycles. The molecule has 2 nitrogen and oxygen atoms in total. The van der Waals surface area contributed by atoms with E-state index in [0.29, 0.717) is 5.92 Å². The van der Waals surface area contributed by atoms with Crippen LogP contribution in [0.3, 0.4) is 0 Å². The van der Waals surface area contributed by atoms with Gasteiger partial charge in [0.15, 0.2) is 0 Å². The van der Waals surface area contributed by atoms with Crippen LogP contribution in [0, 0.1) is 5.92 Å². The van der Waals surface area contributed by atoms with Crippen molar-refractivity contribution < 1.29 is 4.79 Å². The van der Waals surface area contributed by atoms with Crippen LogP contribution < -0.4 is 5.32 Å². The van der Waals surface area contributed by atoms with E-state index in [1.165, 1.54) is 6.92 Å². The molecule has 0 bridgehead atoms. The van der Waals surface area contributed by atoms with E-state index in [2.05, 4.69) is 11.9 Å². The lowest BCUT2D eigenvalue weighted by molar-refractivity contribution is -0.118. The van der Waals surface area contributed by atoms with E-state index < -0.39 is 0 Å². The molecule has 0 unspecified atom stereocenters. The van der Waals surface area contributed by atoms with Crippen LogP contribution in [0.1, 0.15) is 27.7 Å². The Kier molecular flexibility index (Phi) is 5.61. The van der Waals surface area contributed by atoms with Crippen molar-refractivity contribution in [3.8, 4) is 0 Å². The van der Waals surface area contributed by atoms with Crippen LogP contribution in [-0.2, 0) is 4.79 Å². The summed E-state index contributed by atoms with van der Waals surface area (Å²) in [7, 11) is 0. The molecule has 0 fully saturated rings. The number of carbonyl (C=O) groups excluding carboxylic acids is 1. The van der Waals surface area contributed by atoms with Crippen molar-refractivity contribution in [3.05, 3.63) is 36.1 Å². The normalized spacial score (nSPS) is 12.9. The summed E-state index contributed by atoms with van der Waals surface area (Å²) in [5.41, 5.74) is 2.02. The van der Waals surface area contributed by atoms with E-state index in [0.717, 1.165) is 11.3 Å². The fourth-order valence-corrected chi connectivity index (χ4v) is 1.03. The molecular weight excluding hydrogens is 174 g/mol. The second-order valence-corrected chi connectivity index (χ2v) is 3.58. The molecule has 0 radical (unpaired) electrons. The van der Waals surface area contributed by atoms with Gasteiger partial charge in [0.2, 0.25) is 5.91 Å². The minimum Gasteiger partial charge on any atom is -0.330 e. The molecule has 0 aliphatic carbocycles. The van der Waals surface area contributed by atoms with Gasteiger partial charge in [-0.25, -0.2) is 0 Å². The molecule has 2 heteroatoms. The molecule has 0 aliphatic heterocycles. The molecule has 0 aromatic rings. The van der Waals surface area contributed by atoms with E-state index >= 15 is 0 Å². The maximum absolute atomic E-state index is 10.9. The Morgan fingerprint density at radius 1 is 1.36 bits per heavy atom. The van der Waals surface area contributed by atoms with Gasteiger partial charge in [0.1, 0.15) is 0 Å². The molecular formula is C12H19NO. The zero-order valence-corrected chi connectivity index (χ0v) is 9.42. The summed E-state index contributed by atoms with van der Waals surface area (Å²) < 4.78 is 0. The molecule has 0 atom stereocenters. The summed E-state index contributed by atoms with van der Waals surface area (Å²) in [4.78, 5) is 10.9. The van der Waals surface area contributed by atoms with Crippen LogP contribution >= 0.6 is 0 Å². The minimum absolute atomic E-state index is 0.0312. The van der Waals surface area contributed by atoms with Crippen LogP contribution in [0.5, 0.6) is 0 Å². The predicted octanol–water partition coefficient (Wildman–Crippen LogP) is 2.79. The Morgan fingerprint density at radius 3 is 2.29 bits per heavy atom. The number of carbonyl (C=O) groups is 1. The minimum atomic E-state index is -0.0312. The van der Waals surface area contributed by atoms with Gasteiger partial charge >= 0.3 is 0 Å². The Bertz CT molecular complexity index is 272. The van der Waals surface area contributed by atoms with Crippen LogP contribution in [-0.4, -0.2) is 5.91 Å². The third kappa shape index (κ3) is 5.36. The first-order valence-corrected chi connectivity index (χ1v) is 4.76. The van der Waals surface area contributed by atoms with Crippen LogP contribution in [0.2, 0.25) is 0 Å². The molecule has 0 aromatic carbocycles. The Balaban J connectivity index is 4.72. The summed E-state index contributed by atoms with van der Waals surface area (Å²) in [5.74, 6) is 0.281. The molecule has 0 rings (SSSR count). The van der Waals surface area contributed by atoms with Gasteiger partial charge in [0.05, 0.1) is 0 Å². The van der Waals surface area contributed by atoms with Crippen LogP contribution in [0.15, 0.2) is 36.1 Å². The largest absolute Gasteiger partial charge is 0.330 e. The van der Waals surface area contributed by atoms with Crippen molar-refractivity contribution in [2.75, 3.05) is 0 Å². The molecule has 0 heterocycles. The van der Waals surface area contributed by atoms with Crippen molar-refractivity contribution in [2.45, 2.75) is 27.7 Å². The monoisotopic (exact) mass is 193 g/mol. The summed E-state index contributed by atoms with van der Waals surface area (Å²) in [5, 5.41) is 2.82. The topological polar surface area (TPSA) is 29.1 Å². The second kappa shape index (κ2) is 6.19. The van der Waals surface area contributed by atoms with Gasteiger partial charge in [-0.3, -0.25) is 4.79 Å². The first-order valence-electron chi connectivity index (χ1n) is 4.76. The highest BCUT2D eigenvalue weighted by Gasteiger charge is 2.04. The predicted molar refractivity (Wildman–Crippen MR) is 60.7 cm³/mol. The number of hydrogen-bond donors (Lipinski definition) is 1. The van der Waals surface area contributed by atoms with Gasteiger partial charge in [-0.05, 0) is 24.5 Å². The van der Waals surface area contributed by atoms with Crippen LogP contribution in [0.25, 0.3) is 0 Å². The number of hydrogen-bond acceptors (Lipinski definition) is 1. The zero-order chi connectivity index (χ0) is 11.1. The van der Waals surface area contributed by atoms with Gasteiger partial charge in [-0.1, -0.05) is 32.6 Å². The molecule has 1 amide bonds. The van der Waals surface area contributed by atoms with E-state index in [1.54, 1.807) is 6.08 Å². The summed E-state index contributed by atoms with van der Waals surface area (Å²) >= 11 is 0. The van der Waals surface area contributed by atoms with E-state index in [1.807, 2.05) is 32.9 Å². The smallest absolute Gasteiger partial charge is 0.221 e. The van der Waals surface area contributed by atoms with E-state index in [4.69, 9.17) is 0 Å². The fraction of sp³-hybridized carbons (Fsp3) is 0.417. The standard InChI is InChI=1S/C12H19NO/c1-6-7-10(4)8-12(9(2)3)13-11(5)14/h6-9H,1H2,2-5H3,(H,13,14)/b10-7-,12-8+. The molecule has 0 spiro atoms. The zero-order valence-electron chi connectivity index (χ0n) is 9.42. The van der Waals surface area contributed by atoms with Gasteiger partial charge in [0.25, 0.3) is 0 Å². The number of rotatable bonds is 4. The van der Waals surface area contributed by atoms with Crippen molar-refractivity contribution in [1.29, 1.82) is 0 Å².